The number of methoxy groups -OCH3 is 2. The summed E-state index contributed by atoms with van der Waals surface area (Å²) in [4.78, 5) is 0. The Kier molecular flexibility index (Phi) is 4.48. The molecule has 2 aromatic rings. The van der Waals surface area contributed by atoms with Crippen LogP contribution in [0.4, 0.5) is 0 Å². The number of ether oxygens (including phenoxy) is 2. The Morgan fingerprint density at radius 3 is 1.95 bits per heavy atom. The molecule has 0 atom stereocenters. The first-order chi connectivity index (χ1) is 9.24. The lowest BCUT2D eigenvalue weighted by Crippen LogP contribution is -1.91. The first-order valence-electron chi connectivity index (χ1n) is 5.89. The lowest BCUT2D eigenvalue weighted by molar-refractivity contribution is 0.392. The van der Waals surface area contributed by atoms with Gasteiger partial charge in [-0.05, 0) is 35.9 Å². The fraction of sp³-hybridized carbons (Fsp3) is 0.125. The van der Waals surface area contributed by atoms with Gasteiger partial charge in [-0.25, -0.2) is 0 Å². The van der Waals surface area contributed by atoms with Crippen LogP contribution in [0.25, 0.3) is 12.2 Å². The van der Waals surface area contributed by atoms with Crippen molar-refractivity contribution in [2.24, 2.45) is 0 Å². The molecule has 0 N–H and O–H groups in total. The summed E-state index contributed by atoms with van der Waals surface area (Å²) in [6.07, 6.45) is 3.97. The standard InChI is InChI=1S/C16H15ClO2/c1-18-15-4-3-5-16(19-2)14(15)11-8-12-6-9-13(17)10-7-12/h3-11H,1-2H3/b11-8+. The minimum absolute atomic E-state index is 0.729. The summed E-state index contributed by atoms with van der Waals surface area (Å²) < 4.78 is 10.7. The van der Waals surface area contributed by atoms with Gasteiger partial charge in [0.15, 0.2) is 0 Å². The monoisotopic (exact) mass is 274 g/mol. The van der Waals surface area contributed by atoms with E-state index in [4.69, 9.17) is 21.1 Å². The molecule has 0 aliphatic rings. The van der Waals surface area contributed by atoms with Crippen molar-refractivity contribution in [3.8, 4) is 11.5 Å². The third-order valence-electron chi connectivity index (χ3n) is 2.78. The molecule has 2 rings (SSSR count). The summed E-state index contributed by atoms with van der Waals surface area (Å²) in [6, 6.07) is 13.4. The Bertz CT molecular complexity index is 552. The normalized spacial score (nSPS) is 10.7. The molecule has 0 radical (unpaired) electrons. The largest absolute Gasteiger partial charge is 0.496 e. The van der Waals surface area contributed by atoms with Gasteiger partial charge in [0.2, 0.25) is 0 Å². The Hall–Kier alpha value is -1.93. The van der Waals surface area contributed by atoms with Crippen LogP contribution in [0.5, 0.6) is 11.5 Å². The van der Waals surface area contributed by atoms with E-state index in [1.807, 2.05) is 54.6 Å². The molecule has 0 aliphatic carbocycles. The topological polar surface area (TPSA) is 18.5 Å². The maximum atomic E-state index is 5.86. The molecular weight excluding hydrogens is 260 g/mol. The van der Waals surface area contributed by atoms with Gasteiger partial charge in [0.05, 0.1) is 19.8 Å². The lowest BCUT2D eigenvalue weighted by atomic mass is 10.1. The third kappa shape index (κ3) is 3.30. The van der Waals surface area contributed by atoms with E-state index in [1.54, 1.807) is 14.2 Å². The molecule has 0 amide bonds. The van der Waals surface area contributed by atoms with Crippen molar-refractivity contribution in [1.82, 2.24) is 0 Å². The number of hydrogen-bond acceptors (Lipinski definition) is 2. The van der Waals surface area contributed by atoms with Gasteiger partial charge in [0.1, 0.15) is 11.5 Å². The molecule has 0 spiro atoms. The van der Waals surface area contributed by atoms with Crippen molar-refractivity contribution in [1.29, 1.82) is 0 Å². The van der Waals surface area contributed by atoms with E-state index in [0.717, 1.165) is 27.6 Å². The van der Waals surface area contributed by atoms with Crippen LogP contribution < -0.4 is 9.47 Å². The van der Waals surface area contributed by atoms with Crippen molar-refractivity contribution in [3.05, 3.63) is 58.6 Å². The summed E-state index contributed by atoms with van der Waals surface area (Å²) >= 11 is 5.86. The minimum atomic E-state index is 0.729. The first kappa shape index (κ1) is 13.5. The molecule has 3 heteroatoms. The van der Waals surface area contributed by atoms with Crippen LogP contribution in [-0.2, 0) is 0 Å². The number of benzene rings is 2. The highest BCUT2D eigenvalue weighted by Gasteiger charge is 2.05. The molecule has 2 aromatic carbocycles. The van der Waals surface area contributed by atoms with E-state index < -0.39 is 0 Å². The van der Waals surface area contributed by atoms with Crippen molar-refractivity contribution >= 4 is 23.8 Å². The van der Waals surface area contributed by atoms with Gasteiger partial charge in [0, 0.05) is 5.02 Å². The van der Waals surface area contributed by atoms with E-state index in [-0.39, 0.29) is 0 Å². The quantitative estimate of drug-likeness (QED) is 0.763. The maximum Gasteiger partial charge on any atom is 0.129 e. The highest BCUT2D eigenvalue weighted by molar-refractivity contribution is 6.30. The predicted molar refractivity (Wildman–Crippen MR) is 79.9 cm³/mol. The second-order valence-electron chi connectivity index (χ2n) is 3.96. The molecule has 0 aliphatic heterocycles. The second kappa shape index (κ2) is 6.30. The molecule has 0 saturated carbocycles. The van der Waals surface area contributed by atoms with Gasteiger partial charge >= 0.3 is 0 Å². The Labute approximate surface area is 118 Å². The molecule has 0 unspecified atom stereocenters. The first-order valence-corrected chi connectivity index (χ1v) is 6.27. The van der Waals surface area contributed by atoms with Crippen molar-refractivity contribution in [3.63, 3.8) is 0 Å². The molecule has 19 heavy (non-hydrogen) atoms. The average Bonchev–Trinajstić information content (AvgIpc) is 2.46. The Morgan fingerprint density at radius 2 is 1.42 bits per heavy atom. The number of hydrogen-bond donors (Lipinski definition) is 0. The molecule has 2 nitrogen and oxygen atoms in total. The number of halogens is 1. The van der Waals surface area contributed by atoms with Gasteiger partial charge in [-0.1, -0.05) is 35.9 Å². The van der Waals surface area contributed by atoms with Crippen LogP contribution in [-0.4, -0.2) is 14.2 Å². The molecule has 0 heterocycles. The van der Waals surface area contributed by atoms with Crippen LogP contribution in [0, 0.1) is 0 Å². The zero-order valence-electron chi connectivity index (χ0n) is 10.9. The van der Waals surface area contributed by atoms with Crippen LogP contribution >= 0.6 is 11.6 Å². The van der Waals surface area contributed by atoms with Gasteiger partial charge in [-0.2, -0.15) is 0 Å². The molecule has 0 fully saturated rings. The average molecular weight is 275 g/mol. The maximum absolute atomic E-state index is 5.86. The predicted octanol–water partition coefficient (Wildman–Crippen LogP) is 4.53. The zero-order valence-corrected chi connectivity index (χ0v) is 11.6. The van der Waals surface area contributed by atoms with E-state index >= 15 is 0 Å². The summed E-state index contributed by atoms with van der Waals surface area (Å²) in [5.74, 6) is 1.56. The Balaban J connectivity index is 2.34. The lowest BCUT2D eigenvalue weighted by Gasteiger charge is -2.09. The molecule has 98 valence electrons. The third-order valence-corrected chi connectivity index (χ3v) is 3.03. The second-order valence-corrected chi connectivity index (χ2v) is 4.40. The zero-order chi connectivity index (χ0) is 13.7. The molecule has 0 saturated heterocycles. The summed E-state index contributed by atoms with van der Waals surface area (Å²) in [5, 5.41) is 0.729. The molecule has 0 aromatic heterocycles. The van der Waals surface area contributed by atoms with Crippen molar-refractivity contribution in [2.45, 2.75) is 0 Å². The van der Waals surface area contributed by atoms with Gasteiger partial charge < -0.3 is 9.47 Å². The summed E-state index contributed by atoms with van der Waals surface area (Å²) in [5.41, 5.74) is 1.99. The summed E-state index contributed by atoms with van der Waals surface area (Å²) in [7, 11) is 3.29. The molecular formula is C16H15ClO2. The van der Waals surface area contributed by atoms with Gasteiger partial charge in [0.25, 0.3) is 0 Å². The molecule has 0 bridgehead atoms. The van der Waals surface area contributed by atoms with Crippen LogP contribution in [0.3, 0.4) is 0 Å². The number of rotatable bonds is 4. The smallest absolute Gasteiger partial charge is 0.129 e. The fourth-order valence-electron chi connectivity index (χ4n) is 1.80. The SMILES string of the molecule is COc1cccc(OC)c1/C=C/c1ccc(Cl)cc1. The van der Waals surface area contributed by atoms with E-state index in [0.29, 0.717) is 0 Å². The van der Waals surface area contributed by atoms with Crippen LogP contribution in [0.15, 0.2) is 42.5 Å². The van der Waals surface area contributed by atoms with Gasteiger partial charge in [-0.15, -0.1) is 0 Å². The Morgan fingerprint density at radius 1 is 0.842 bits per heavy atom. The van der Waals surface area contributed by atoms with Crippen molar-refractivity contribution < 1.29 is 9.47 Å². The van der Waals surface area contributed by atoms with E-state index in [1.165, 1.54) is 0 Å². The van der Waals surface area contributed by atoms with Crippen LogP contribution in [0.1, 0.15) is 11.1 Å². The van der Waals surface area contributed by atoms with Crippen molar-refractivity contribution in [2.75, 3.05) is 14.2 Å². The highest BCUT2D eigenvalue weighted by Crippen LogP contribution is 2.30. The highest BCUT2D eigenvalue weighted by atomic mass is 35.5. The summed E-state index contributed by atoms with van der Waals surface area (Å²) in [6.45, 7) is 0. The van der Waals surface area contributed by atoms with E-state index in [9.17, 15) is 0 Å². The fourth-order valence-corrected chi connectivity index (χ4v) is 1.92. The van der Waals surface area contributed by atoms with Crippen LogP contribution in [0.2, 0.25) is 5.02 Å². The van der Waals surface area contributed by atoms with Gasteiger partial charge in [-0.3, -0.25) is 0 Å². The van der Waals surface area contributed by atoms with E-state index in [2.05, 4.69) is 0 Å². The minimum Gasteiger partial charge on any atom is -0.496 e.